The number of amides is 1. The van der Waals surface area contributed by atoms with Crippen molar-refractivity contribution in [1.82, 2.24) is 10.6 Å². The zero-order chi connectivity index (χ0) is 12.3. The smallest absolute Gasteiger partial charge is 0.228 e. The third kappa shape index (κ3) is 3.06. The molecule has 2 heterocycles. The predicted octanol–water partition coefficient (Wildman–Crippen LogP) is 0.548. The molecule has 1 aliphatic heterocycles. The van der Waals surface area contributed by atoms with Crippen LogP contribution in [-0.4, -0.2) is 36.8 Å². The van der Waals surface area contributed by atoms with Crippen molar-refractivity contribution in [3.63, 3.8) is 0 Å². The molecule has 1 saturated heterocycles. The maximum atomic E-state index is 11.9. The lowest BCUT2D eigenvalue weighted by Gasteiger charge is -2.16. The lowest BCUT2D eigenvalue weighted by molar-refractivity contribution is -0.122. The molecule has 17 heavy (non-hydrogen) atoms. The number of carbonyl (C=O) groups is 1. The second-order valence-corrected chi connectivity index (χ2v) is 5.45. The monoisotopic (exact) mass is 254 g/mol. The minimum Gasteiger partial charge on any atom is -0.391 e. The summed E-state index contributed by atoms with van der Waals surface area (Å²) in [6.07, 6.45) is -0.340. The van der Waals surface area contributed by atoms with E-state index in [2.05, 4.69) is 10.6 Å². The van der Waals surface area contributed by atoms with Crippen molar-refractivity contribution >= 4 is 17.2 Å². The van der Waals surface area contributed by atoms with Gasteiger partial charge in [0, 0.05) is 30.4 Å². The molecule has 1 aromatic rings. The molecule has 0 aromatic carbocycles. The van der Waals surface area contributed by atoms with E-state index < -0.39 is 0 Å². The number of nitrogens with one attached hydrogen (secondary N) is 2. The zero-order valence-corrected chi connectivity index (χ0v) is 10.7. The van der Waals surface area contributed by atoms with Crippen LogP contribution in [-0.2, 0) is 4.79 Å². The van der Waals surface area contributed by atoms with Gasteiger partial charge in [-0.2, -0.15) is 0 Å². The zero-order valence-electron chi connectivity index (χ0n) is 9.85. The Balaban J connectivity index is 1.81. The molecule has 0 saturated carbocycles. The number of aliphatic hydroxyl groups is 1. The number of hydrogen-bond donors (Lipinski definition) is 3. The SMILES string of the molecule is CC(C(=O)NCC1CNCC1O)c1cccs1. The molecule has 0 bridgehead atoms. The molecule has 0 radical (unpaired) electrons. The Labute approximate surface area is 105 Å². The van der Waals surface area contributed by atoms with E-state index in [0.29, 0.717) is 13.1 Å². The van der Waals surface area contributed by atoms with E-state index in [1.807, 2.05) is 24.4 Å². The third-order valence-corrected chi connectivity index (χ3v) is 4.26. The van der Waals surface area contributed by atoms with Crippen molar-refractivity contribution in [1.29, 1.82) is 0 Å². The number of aliphatic hydroxyl groups excluding tert-OH is 1. The van der Waals surface area contributed by atoms with Crippen LogP contribution in [0.1, 0.15) is 17.7 Å². The van der Waals surface area contributed by atoms with Crippen LogP contribution >= 0.6 is 11.3 Å². The Kier molecular flexibility index (Phi) is 4.15. The first-order valence-corrected chi connectivity index (χ1v) is 6.76. The maximum absolute atomic E-state index is 11.9. The summed E-state index contributed by atoms with van der Waals surface area (Å²) < 4.78 is 0. The summed E-state index contributed by atoms with van der Waals surface area (Å²) in [5, 5.41) is 17.6. The van der Waals surface area contributed by atoms with Crippen molar-refractivity contribution in [2.24, 2.45) is 5.92 Å². The normalized spacial score (nSPS) is 25.8. The minimum atomic E-state index is -0.340. The lowest BCUT2D eigenvalue weighted by atomic mass is 10.1. The molecule has 3 atom stereocenters. The van der Waals surface area contributed by atoms with E-state index in [9.17, 15) is 9.90 Å². The Morgan fingerprint density at radius 1 is 1.71 bits per heavy atom. The average Bonchev–Trinajstić information content (AvgIpc) is 2.96. The van der Waals surface area contributed by atoms with Gasteiger partial charge < -0.3 is 15.7 Å². The Hall–Kier alpha value is -0.910. The largest absolute Gasteiger partial charge is 0.391 e. The van der Waals surface area contributed by atoms with Gasteiger partial charge in [0.25, 0.3) is 0 Å². The molecule has 1 aromatic heterocycles. The van der Waals surface area contributed by atoms with Crippen LogP contribution in [0.5, 0.6) is 0 Å². The van der Waals surface area contributed by atoms with Crippen LogP contribution < -0.4 is 10.6 Å². The Morgan fingerprint density at radius 2 is 2.53 bits per heavy atom. The first-order valence-electron chi connectivity index (χ1n) is 5.88. The molecule has 0 spiro atoms. The van der Waals surface area contributed by atoms with Gasteiger partial charge in [0.1, 0.15) is 0 Å². The van der Waals surface area contributed by atoms with Gasteiger partial charge in [0.15, 0.2) is 0 Å². The van der Waals surface area contributed by atoms with Crippen molar-refractivity contribution < 1.29 is 9.90 Å². The van der Waals surface area contributed by atoms with Gasteiger partial charge in [0.05, 0.1) is 12.0 Å². The number of β-amino-alcohol motifs (C(OH)–C–C–N with tert-alkyl or cyclic N) is 1. The van der Waals surface area contributed by atoms with Crippen LogP contribution in [0.15, 0.2) is 17.5 Å². The van der Waals surface area contributed by atoms with E-state index >= 15 is 0 Å². The van der Waals surface area contributed by atoms with E-state index in [4.69, 9.17) is 0 Å². The predicted molar refractivity (Wildman–Crippen MR) is 68.1 cm³/mol. The van der Waals surface area contributed by atoms with Gasteiger partial charge >= 0.3 is 0 Å². The fourth-order valence-electron chi connectivity index (χ4n) is 1.98. The van der Waals surface area contributed by atoms with E-state index in [1.54, 1.807) is 11.3 Å². The fourth-order valence-corrected chi connectivity index (χ4v) is 2.76. The van der Waals surface area contributed by atoms with Gasteiger partial charge in [-0.25, -0.2) is 0 Å². The lowest BCUT2D eigenvalue weighted by Crippen LogP contribution is -2.36. The molecule has 1 aliphatic rings. The second-order valence-electron chi connectivity index (χ2n) is 4.47. The van der Waals surface area contributed by atoms with Crippen LogP contribution in [0, 0.1) is 5.92 Å². The summed E-state index contributed by atoms with van der Waals surface area (Å²) in [4.78, 5) is 13.0. The molecular formula is C12H18N2O2S. The fraction of sp³-hybridized carbons (Fsp3) is 0.583. The number of thiophene rings is 1. The van der Waals surface area contributed by atoms with E-state index in [1.165, 1.54) is 0 Å². The minimum absolute atomic E-state index is 0.0338. The molecule has 1 fully saturated rings. The topological polar surface area (TPSA) is 61.4 Å². The van der Waals surface area contributed by atoms with Gasteiger partial charge in [-0.3, -0.25) is 4.79 Å². The number of rotatable bonds is 4. The molecule has 3 unspecified atom stereocenters. The summed E-state index contributed by atoms with van der Waals surface area (Å²) >= 11 is 1.60. The highest BCUT2D eigenvalue weighted by atomic mass is 32.1. The van der Waals surface area contributed by atoms with Crippen LogP contribution in [0.25, 0.3) is 0 Å². The van der Waals surface area contributed by atoms with Crippen molar-refractivity contribution in [2.75, 3.05) is 19.6 Å². The first-order chi connectivity index (χ1) is 8.18. The highest BCUT2D eigenvalue weighted by Crippen LogP contribution is 2.20. The summed E-state index contributed by atoms with van der Waals surface area (Å²) in [5.74, 6) is 0.0579. The first kappa shape index (κ1) is 12.5. The Bertz CT molecular complexity index is 367. The van der Waals surface area contributed by atoms with Crippen LogP contribution in [0.4, 0.5) is 0 Å². The summed E-state index contributed by atoms with van der Waals surface area (Å²) in [6.45, 7) is 3.85. The van der Waals surface area contributed by atoms with Gasteiger partial charge in [-0.1, -0.05) is 6.07 Å². The Morgan fingerprint density at radius 3 is 3.12 bits per heavy atom. The second kappa shape index (κ2) is 5.62. The van der Waals surface area contributed by atoms with Gasteiger partial charge in [-0.05, 0) is 18.4 Å². The average molecular weight is 254 g/mol. The van der Waals surface area contributed by atoms with Gasteiger partial charge in [-0.15, -0.1) is 11.3 Å². The third-order valence-electron chi connectivity index (χ3n) is 3.21. The van der Waals surface area contributed by atoms with E-state index in [-0.39, 0.29) is 23.8 Å². The van der Waals surface area contributed by atoms with Crippen molar-refractivity contribution in [2.45, 2.75) is 18.9 Å². The number of hydrogen-bond acceptors (Lipinski definition) is 4. The standard InChI is InChI=1S/C12H18N2O2S/c1-8(11-3-2-4-17-11)12(16)14-6-9-5-13-7-10(9)15/h2-4,8-10,13,15H,5-7H2,1H3,(H,14,16). The molecule has 3 N–H and O–H groups in total. The summed E-state index contributed by atoms with van der Waals surface area (Å²) in [7, 11) is 0. The molecule has 4 nitrogen and oxygen atoms in total. The molecular weight excluding hydrogens is 236 g/mol. The van der Waals surface area contributed by atoms with Crippen molar-refractivity contribution in [3.8, 4) is 0 Å². The van der Waals surface area contributed by atoms with Crippen molar-refractivity contribution in [3.05, 3.63) is 22.4 Å². The highest BCUT2D eigenvalue weighted by molar-refractivity contribution is 7.10. The molecule has 94 valence electrons. The molecule has 1 amide bonds. The quantitative estimate of drug-likeness (QED) is 0.735. The highest BCUT2D eigenvalue weighted by Gasteiger charge is 2.26. The summed E-state index contributed by atoms with van der Waals surface area (Å²) in [6, 6.07) is 3.93. The van der Waals surface area contributed by atoms with Crippen LogP contribution in [0.3, 0.4) is 0 Å². The molecule has 0 aliphatic carbocycles. The maximum Gasteiger partial charge on any atom is 0.228 e. The van der Waals surface area contributed by atoms with Crippen LogP contribution in [0.2, 0.25) is 0 Å². The summed E-state index contributed by atoms with van der Waals surface area (Å²) in [5.41, 5.74) is 0. The molecule has 2 rings (SSSR count). The molecule has 5 heteroatoms. The van der Waals surface area contributed by atoms with Gasteiger partial charge in [0.2, 0.25) is 5.91 Å². The number of carbonyl (C=O) groups excluding carboxylic acids is 1. The van der Waals surface area contributed by atoms with E-state index in [0.717, 1.165) is 11.4 Å².